The average Bonchev–Trinajstić information content (AvgIpc) is 3.12. The van der Waals surface area contributed by atoms with Crippen molar-refractivity contribution in [2.24, 2.45) is 0 Å². The van der Waals surface area contributed by atoms with Crippen molar-refractivity contribution < 1.29 is 24.3 Å². The predicted octanol–water partition coefficient (Wildman–Crippen LogP) is 3.14. The van der Waals surface area contributed by atoms with Crippen LogP contribution in [0.15, 0.2) is 35.1 Å². The highest BCUT2D eigenvalue weighted by atomic mass is 79.9. The number of ketones is 1. The fourth-order valence-electron chi connectivity index (χ4n) is 4.80. The molecule has 0 amide bonds. The van der Waals surface area contributed by atoms with Crippen molar-refractivity contribution in [1.29, 1.82) is 0 Å². The number of carbonyl (C=O) groups excluding carboxylic acids is 1. The molecule has 1 fully saturated rings. The third-order valence-electron chi connectivity index (χ3n) is 6.47. The number of morpholine rings is 1. The number of benzene rings is 2. The summed E-state index contributed by atoms with van der Waals surface area (Å²) >= 11 is 0. The Balaban J connectivity index is 0.00000289. The first-order chi connectivity index (χ1) is 16.4. The third-order valence-corrected chi connectivity index (χ3v) is 6.47. The summed E-state index contributed by atoms with van der Waals surface area (Å²) in [5, 5.41) is 22.2. The summed E-state index contributed by atoms with van der Waals surface area (Å²) in [5.41, 5.74) is 0.866. The zero-order valence-corrected chi connectivity index (χ0v) is 20.7. The van der Waals surface area contributed by atoms with Crippen LogP contribution in [0.5, 0.6) is 11.5 Å². The molecule has 0 unspecified atom stereocenters. The molecule has 2 aromatic carbocycles. The number of aromatic nitrogens is 1. The van der Waals surface area contributed by atoms with E-state index in [0.29, 0.717) is 53.9 Å². The van der Waals surface area contributed by atoms with E-state index in [1.165, 1.54) is 42.0 Å². The van der Waals surface area contributed by atoms with E-state index in [-0.39, 0.29) is 45.3 Å². The topological polar surface area (TPSA) is 124 Å². The van der Waals surface area contributed by atoms with Crippen molar-refractivity contribution in [3.63, 3.8) is 0 Å². The first-order valence-electron chi connectivity index (χ1n) is 11.0. The van der Waals surface area contributed by atoms with Crippen molar-refractivity contribution in [2.75, 3.05) is 40.0 Å². The number of aromatic hydroxyl groups is 1. The number of hydrogen-bond donors (Lipinski definition) is 1. The normalized spacial score (nSPS) is 14.9. The quantitative estimate of drug-likeness (QED) is 0.289. The Morgan fingerprint density at radius 2 is 1.83 bits per heavy atom. The van der Waals surface area contributed by atoms with Gasteiger partial charge in [0.1, 0.15) is 0 Å². The minimum Gasteiger partial charge on any atom is -0.504 e. The Bertz CT molecular complexity index is 1400. The number of non-ortho nitro benzene ring substituents is 1. The van der Waals surface area contributed by atoms with E-state index in [4.69, 9.17) is 9.47 Å². The molecular weight excluding hydrogens is 522 g/mol. The molecule has 3 aromatic rings. The Morgan fingerprint density at radius 3 is 2.51 bits per heavy atom. The molecule has 2 aliphatic rings. The van der Waals surface area contributed by atoms with Crippen LogP contribution in [0, 0.1) is 10.1 Å². The zero-order valence-electron chi connectivity index (χ0n) is 19.0. The lowest BCUT2D eigenvalue weighted by molar-refractivity contribution is -0.384. The lowest BCUT2D eigenvalue weighted by Gasteiger charge is -2.26. The number of methoxy groups -OCH3 is 1. The smallest absolute Gasteiger partial charge is 0.270 e. The number of rotatable bonds is 6. The average molecular weight is 546 g/mol. The minimum atomic E-state index is -0.561. The first kappa shape index (κ1) is 24.8. The molecule has 1 N–H and O–H groups in total. The number of phenolic OH excluding ortho intramolecular Hbond substituents is 1. The molecule has 2 heterocycles. The van der Waals surface area contributed by atoms with Crippen molar-refractivity contribution in [3.8, 4) is 22.8 Å². The molecule has 5 rings (SSSR count). The molecule has 10 nitrogen and oxygen atoms in total. The maximum absolute atomic E-state index is 13.6. The zero-order chi connectivity index (χ0) is 24.0. The molecule has 1 aliphatic carbocycles. The second kappa shape index (κ2) is 9.76. The van der Waals surface area contributed by atoms with Gasteiger partial charge in [0, 0.05) is 54.8 Å². The van der Waals surface area contributed by atoms with E-state index >= 15 is 0 Å². The van der Waals surface area contributed by atoms with Crippen LogP contribution >= 0.6 is 17.0 Å². The van der Waals surface area contributed by atoms with Gasteiger partial charge in [0.25, 0.3) is 11.2 Å². The van der Waals surface area contributed by atoms with E-state index in [0.717, 1.165) is 19.6 Å². The highest BCUT2D eigenvalue weighted by Gasteiger charge is 2.34. The van der Waals surface area contributed by atoms with Gasteiger partial charge in [0.15, 0.2) is 17.3 Å². The van der Waals surface area contributed by atoms with Crippen molar-refractivity contribution in [2.45, 2.75) is 13.0 Å². The van der Waals surface area contributed by atoms with Gasteiger partial charge >= 0.3 is 0 Å². The van der Waals surface area contributed by atoms with Crippen LogP contribution in [0.1, 0.15) is 22.3 Å². The van der Waals surface area contributed by atoms with Crippen LogP contribution in [0.3, 0.4) is 0 Å². The largest absolute Gasteiger partial charge is 0.504 e. The Labute approximate surface area is 210 Å². The number of phenols is 1. The highest BCUT2D eigenvalue weighted by molar-refractivity contribution is 8.93. The van der Waals surface area contributed by atoms with E-state index in [9.17, 15) is 24.8 Å². The molecule has 1 aromatic heterocycles. The second-order valence-electron chi connectivity index (χ2n) is 8.37. The summed E-state index contributed by atoms with van der Waals surface area (Å²) in [6.45, 7) is 4.01. The number of pyridine rings is 1. The maximum Gasteiger partial charge on any atom is 0.270 e. The van der Waals surface area contributed by atoms with Crippen molar-refractivity contribution in [1.82, 2.24) is 9.47 Å². The maximum atomic E-state index is 13.6. The van der Waals surface area contributed by atoms with Crippen LogP contribution in [0.4, 0.5) is 5.69 Å². The number of nitro groups is 1. The number of carbonyl (C=O) groups is 1. The molecule has 0 atom stereocenters. The number of fused-ring (bicyclic) bond motifs is 5. The van der Waals surface area contributed by atoms with Gasteiger partial charge in [-0.25, -0.2) is 0 Å². The van der Waals surface area contributed by atoms with Gasteiger partial charge in [0.2, 0.25) is 0 Å². The number of nitro benzene ring substituents is 1. The fraction of sp³-hybridized carbons (Fsp3) is 0.333. The number of ether oxygens (including phenoxy) is 2. The van der Waals surface area contributed by atoms with Crippen molar-refractivity contribution >= 4 is 39.2 Å². The molecule has 1 aliphatic heterocycles. The summed E-state index contributed by atoms with van der Waals surface area (Å²) < 4.78 is 12.1. The van der Waals surface area contributed by atoms with Gasteiger partial charge in [-0.2, -0.15) is 0 Å². The lowest BCUT2D eigenvalue weighted by atomic mass is 10.0. The molecule has 0 spiro atoms. The van der Waals surface area contributed by atoms with Gasteiger partial charge in [0.05, 0.1) is 41.9 Å². The van der Waals surface area contributed by atoms with E-state index in [2.05, 4.69) is 4.90 Å². The number of nitrogens with zero attached hydrogens (tertiary/aromatic N) is 3. The summed E-state index contributed by atoms with van der Waals surface area (Å²) in [6, 6.07) is 6.87. The van der Waals surface area contributed by atoms with Crippen LogP contribution in [-0.2, 0) is 11.3 Å². The van der Waals surface area contributed by atoms with E-state index < -0.39 is 10.5 Å². The Morgan fingerprint density at radius 1 is 1.09 bits per heavy atom. The molecular formula is C24H24BrN3O7. The Kier molecular flexibility index (Phi) is 6.93. The molecule has 1 saturated heterocycles. The van der Waals surface area contributed by atoms with Crippen LogP contribution in [0.25, 0.3) is 22.0 Å². The molecule has 35 heavy (non-hydrogen) atoms. The van der Waals surface area contributed by atoms with E-state index in [1.54, 1.807) is 0 Å². The molecule has 184 valence electrons. The van der Waals surface area contributed by atoms with Crippen LogP contribution in [-0.4, -0.2) is 65.2 Å². The summed E-state index contributed by atoms with van der Waals surface area (Å²) in [7, 11) is 1.39. The van der Waals surface area contributed by atoms with Crippen LogP contribution in [0.2, 0.25) is 0 Å². The second-order valence-corrected chi connectivity index (χ2v) is 8.37. The minimum absolute atomic E-state index is 0. The van der Waals surface area contributed by atoms with Crippen LogP contribution < -0.4 is 10.3 Å². The lowest BCUT2D eigenvalue weighted by Crippen LogP contribution is -2.37. The van der Waals surface area contributed by atoms with Gasteiger partial charge in [-0.1, -0.05) is 0 Å². The fourth-order valence-corrected chi connectivity index (χ4v) is 4.80. The predicted molar refractivity (Wildman–Crippen MR) is 134 cm³/mol. The molecule has 11 heteroatoms. The molecule has 0 saturated carbocycles. The van der Waals surface area contributed by atoms with Gasteiger partial charge in [-0.15, -0.1) is 17.0 Å². The SMILES string of the molecule is Br.COc1cc2c(cc1O)-c1c(c3ccc([N+](=O)[O-])cc3c(=O)n1CCCN1CCOCC1)C2=O. The summed E-state index contributed by atoms with van der Waals surface area (Å²) in [5.74, 6) is -0.303. The number of halogens is 1. The van der Waals surface area contributed by atoms with E-state index in [1.807, 2.05) is 0 Å². The third kappa shape index (κ3) is 4.19. The van der Waals surface area contributed by atoms with Gasteiger partial charge < -0.3 is 19.1 Å². The van der Waals surface area contributed by atoms with Crippen molar-refractivity contribution in [3.05, 3.63) is 61.9 Å². The summed E-state index contributed by atoms with van der Waals surface area (Å²) in [4.78, 5) is 40.1. The monoisotopic (exact) mass is 545 g/mol. The van der Waals surface area contributed by atoms with Gasteiger partial charge in [-0.05, 0) is 24.6 Å². The standard InChI is InChI=1S/C24H23N3O7.BrH/c1-33-20-13-17-16(12-19(20)28)22-21(23(17)29)15-4-3-14(27(31)32)11-18(15)24(30)26(22)6-2-5-25-7-9-34-10-8-25;/h3-4,11-13,28H,2,5-10H2,1H3;1H. The first-order valence-corrected chi connectivity index (χ1v) is 11.0. The molecule has 0 radical (unpaired) electrons. The Hall–Kier alpha value is -3.28. The molecule has 0 bridgehead atoms. The summed E-state index contributed by atoms with van der Waals surface area (Å²) in [6.07, 6.45) is 0.637. The number of hydrogen-bond acceptors (Lipinski definition) is 8. The van der Waals surface area contributed by atoms with Gasteiger partial charge in [-0.3, -0.25) is 24.6 Å². The highest BCUT2D eigenvalue weighted by Crippen LogP contribution is 2.44.